The summed E-state index contributed by atoms with van der Waals surface area (Å²) in [5, 5.41) is 0. The van der Waals surface area contributed by atoms with E-state index in [1.165, 1.54) is 5.57 Å². The van der Waals surface area contributed by atoms with Crippen LogP contribution in [0.1, 0.15) is 33.1 Å². The highest BCUT2D eigenvalue weighted by molar-refractivity contribution is 5.37. The van der Waals surface area contributed by atoms with E-state index in [4.69, 9.17) is 4.74 Å². The van der Waals surface area contributed by atoms with Crippen LogP contribution in [-0.2, 0) is 9.53 Å². The van der Waals surface area contributed by atoms with Crippen molar-refractivity contribution in [2.45, 2.75) is 39.2 Å². The van der Waals surface area contributed by atoms with Crippen LogP contribution in [0.25, 0.3) is 0 Å². The number of carbonyl (C=O) groups excluding carboxylic acids is 1. The third kappa shape index (κ3) is 2.36. The van der Waals surface area contributed by atoms with E-state index in [0.29, 0.717) is 12.4 Å². The average Bonchev–Trinajstić information content (AvgIpc) is 2.06. The monoisotopic (exact) mass is 168 g/mol. The summed E-state index contributed by atoms with van der Waals surface area (Å²) in [5.41, 5.74) is 1.46. The Labute approximate surface area is 73.6 Å². The van der Waals surface area contributed by atoms with Gasteiger partial charge in [0.25, 0.3) is 6.47 Å². The molecule has 68 valence electrons. The molecular formula is C10H16O2. The third-order valence-electron chi connectivity index (χ3n) is 2.61. The maximum atomic E-state index is 10.1. The van der Waals surface area contributed by atoms with Gasteiger partial charge >= 0.3 is 0 Å². The van der Waals surface area contributed by atoms with E-state index in [1.54, 1.807) is 0 Å². The van der Waals surface area contributed by atoms with Gasteiger partial charge in [-0.2, -0.15) is 0 Å². The summed E-state index contributed by atoms with van der Waals surface area (Å²) >= 11 is 0. The smallest absolute Gasteiger partial charge is 0.293 e. The minimum Gasteiger partial charge on any atom is -0.465 e. The maximum Gasteiger partial charge on any atom is 0.293 e. The Bertz CT molecular complexity index is 184. The predicted molar refractivity (Wildman–Crippen MR) is 47.7 cm³/mol. The molecule has 1 aliphatic rings. The lowest BCUT2D eigenvalue weighted by molar-refractivity contribution is -0.135. The third-order valence-corrected chi connectivity index (χ3v) is 2.61. The van der Waals surface area contributed by atoms with Crippen molar-refractivity contribution in [3.63, 3.8) is 0 Å². The highest BCUT2D eigenvalue weighted by atomic mass is 16.5. The first kappa shape index (κ1) is 9.30. The first-order valence-electron chi connectivity index (χ1n) is 4.48. The molecule has 0 aromatic heterocycles. The number of hydrogen-bond acceptors (Lipinski definition) is 2. The molecule has 12 heavy (non-hydrogen) atoms. The van der Waals surface area contributed by atoms with Gasteiger partial charge in [-0.1, -0.05) is 11.6 Å². The molecule has 0 saturated heterocycles. The van der Waals surface area contributed by atoms with Gasteiger partial charge in [0.05, 0.1) is 0 Å². The van der Waals surface area contributed by atoms with E-state index in [9.17, 15) is 4.79 Å². The van der Waals surface area contributed by atoms with Crippen molar-refractivity contribution in [1.82, 2.24) is 0 Å². The van der Waals surface area contributed by atoms with Crippen LogP contribution in [0.2, 0.25) is 0 Å². The van der Waals surface area contributed by atoms with E-state index >= 15 is 0 Å². The fourth-order valence-electron chi connectivity index (χ4n) is 1.61. The molecule has 2 nitrogen and oxygen atoms in total. The second-order valence-corrected chi connectivity index (χ2v) is 3.52. The second-order valence-electron chi connectivity index (χ2n) is 3.52. The molecule has 0 spiro atoms. The van der Waals surface area contributed by atoms with Crippen molar-refractivity contribution in [3.05, 3.63) is 11.6 Å². The summed E-state index contributed by atoms with van der Waals surface area (Å²) < 4.78 is 4.91. The lowest BCUT2D eigenvalue weighted by Crippen LogP contribution is -2.21. The van der Waals surface area contributed by atoms with Crippen LogP contribution < -0.4 is 0 Å². The van der Waals surface area contributed by atoms with E-state index in [1.807, 2.05) is 6.92 Å². The van der Waals surface area contributed by atoms with Crippen LogP contribution in [0.4, 0.5) is 0 Å². The molecule has 2 heteroatoms. The largest absolute Gasteiger partial charge is 0.465 e. The van der Waals surface area contributed by atoms with Gasteiger partial charge in [-0.15, -0.1) is 0 Å². The normalized spacial score (nSPS) is 25.8. The van der Waals surface area contributed by atoms with Crippen molar-refractivity contribution in [2.24, 2.45) is 5.92 Å². The lowest BCUT2D eigenvalue weighted by Gasteiger charge is -2.24. The molecule has 1 rings (SSSR count). The Morgan fingerprint density at radius 2 is 2.50 bits per heavy atom. The van der Waals surface area contributed by atoms with Crippen LogP contribution >= 0.6 is 0 Å². The molecule has 0 amide bonds. The number of carbonyl (C=O) groups is 1. The summed E-state index contributed by atoms with van der Waals surface area (Å²) in [6, 6.07) is 0. The molecule has 0 aliphatic heterocycles. The summed E-state index contributed by atoms with van der Waals surface area (Å²) in [7, 11) is 0. The zero-order valence-corrected chi connectivity index (χ0v) is 7.75. The quantitative estimate of drug-likeness (QED) is 0.477. The fourth-order valence-corrected chi connectivity index (χ4v) is 1.61. The number of hydrogen-bond donors (Lipinski definition) is 0. The van der Waals surface area contributed by atoms with Crippen molar-refractivity contribution < 1.29 is 9.53 Å². The number of allylic oxidation sites excluding steroid dienone is 2. The Balaban J connectivity index is 2.39. The minimum atomic E-state index is 0.0758. The number of rotatable bonds is 3. The van der Waals surface area contributed by atoms with Gasteiger partial charge in [0.15, 0.2) is 0 Å². The van der Waals surface area contributed by atoms with E-state index in [2.05, 4.69) is 13.0 Å². The van der Waals surface area contributed by atoms with Crippen LogP contribution in [0, 0.1) is 5.92 Å². The van der Waals surface area contributed by atoms with Gasteiger partial charge in [0.1, 0.15) is 6.10 Å². The van der Waals surface area contributed by atoms with Gasteiger partial charge in [-0.25, -0.2) is 0 Å². The second kappa shape index (κ2) is 4.29. The molecular weight excluding hydrogens is 152 g/mol. The van der Waals surface area contributed by atoms with Gasteiger partial charge in [0, 0.05) is 0 Å². The number of ether oxygens (including phenoxy) is 1. The van der Waals surface area contributed by atoms with Crippen LogP contribution in [-0.4, -0.2) is 12.6 Å². The SMILES string of the molecule is CC1=CCC(C(C)OC=O)CC1. The fraction of sp³-hybridized carbons (Fsp3) is 0.700. The summed E-state index contributed by atoms with van der Waals surface area (Å²) in [6.07, 6.45) is 5.68. The Kier molecular flexibility index (Phi) is 3.32. The van der Waals surface area contributed by atoms with E-state index < -0.39 is 0 Å². The molecule has 0 fully saturated rings. The van der Waals surface area contributed by atoms with Crippen molar-refractivity contribution >= 4 is 6.47 Å². The summed E-state index contributed by atoms with van der Waals surface area (Å²) in [6.45, 7) is 4.67. The Morgan fingerprint density at radius 3 is 3.00 bits per heavy atom. The maximum absolute atomic E-state index is 10.1. The van der Waals surface area contributed by atoms with Crippen LogP contribution in [0.15, 0.2) is 11.6 Å². The van der Waals surface area contributed by atoms with Crippen LogP contribution in [0.5, 0.6) is 0 Å². The summed E-state index contributed by atoms with van der Waals surface area (Å²) in [4.78, 5) is 10.1. The highest BCUT2D eigenvalue weighted by Gasteiger charge is 2.19. The van der Waals surface area contributed by atoms with Crippen molar-refractivity contribution in [3.8, 4) is 0 Å². The zero-order valence-electron chi connectivity index (χ0n) is 7.75. The van der Waals surface area contributed by atoms with Gasteiger partial charge < -0.3 is 4.74 Å². The van der Waals surface area contributed by atoms with Gasteiger partial charge in [-0.3, -0.25) is 4.79 Å². The molecule has 2 unspecified atom stereocenters. The van der Waals surface area contributed by atoms with Crippen LogP contribution in [0.3, 0.4) is 0 Å². The van der Waals surface area contributed by atoms with E-state index in [-0.39, 0.29) is 6.10 Å². The molecule has 0 N–H and O–H groups in total. The van der Waals surface area contributed by atoms with E-state index in [0.717, 1.165) is 19.3 Å². The predicted octanol–water partition coefficient (Wildman–Crippen LogP) is 2.29. The molecule has 0 heterocycles. The Morgan fingerprint density at radius 1 is 1.75 bits per heavy atom. The molecule has 0 aromatic carbocycles. The van der Waals surface area contributed by atoms with Crippen molar-refractivity contribution in [1.29, 1.82) is 0 Å². The molecule has 0 saturated carbocycles. The minimum absolute atomic E-state index is 0.0758. The first-order valence-corrected chi connectivity index (χ1v) is 4.48. The summed E-state index contributed by atoms with van der Waals surface area (Å²) in [5.74, 6) is 0.527. The standard InChI is InChI=1S/C10H16O2/c1-8-3-5-10(6-4-8)9(2)12-7-11/h3,7,9-10H,4-6H2,1-2H3. The molecule has 0 bridgehead atoms. The van der Waals surface area contributed by atoms with Crippen molar-refractivity contribution in [2.75, 3.05) is 0 Å². The average molecular weight is 168 g/mol. The molecule has 1 aliphatic carbocycles. The first-order chi connectivity index (χ1) is 5.74. The highest BCUT2D eigenvalue weighted by Crippen LogP contribution is 2.26. The zero-order chi connectivity index (χ0) is 8.97. The molecule has 0 radical (unpaired) electrons. The topological polar surface area (TPSA) is 26.3 Å². The van der Waals surface area contributed by atoms with Gasteiger partial charge in [0.2, 0.25) is 0 Å². The Hall–Kier alpha value is -0.790. The lowest BCUT2D eigenvalue weighted by atomic mass is 9.87. The molecule has 2 atom stereocenters. The van der Waals surface area contributed by atoms with Gasteiger partial charge in [-0.05, 0) is 39.0 Å². The molecule has 0 aromatic rings.